The van der Waals surface area contributed by atoms with Gasteiger partial charge in [-0.15, -0.1) is 0 Å². The Labute approximate surface area is 187 Å². The number of carbonyl (C=O) groups is 1. The van der Waals surface area contributed by atoms with Crippen molar-refractivity contribution in [3.05, 3.63) is 65.1 Å². The minimum absolute atomic E-state index is 0.0685. The van der Waals surface area contributed by atoms with Crippen LogP contribution < -0.4 is 5.69 Å². The first kappa shape index (κ1) is 22.3. The monoisotopic (exact) mass is 456 g/mol. The van der Waals surface area contributed by atoms with Gasteiger partial charge in [0.15, 0.2) is 0 Å². The van der Waals surface area contributed by atoms with Crippen LogP contribution in [-0.2, 0) is 27.9 Å². The van der Waals surface area contributed by atoms with Crippen LogP contribution in [0.25, 0.3) is 11.0 Å². The number of carbonyl (C=O) groups excluding carboxylic acids is 1. The predicted octanol–water partition coefficient (Wildman–Crippen LogP) is 2.14. The van der Waals surface area contributed by atoms with Gasteiger partial charge in [0.05, 0.1) is 15.9 Å². The van der Waals surface area contributed by atoms with Crippen molar-refractivity contribution in [1.82, 2.24) is 18.3 Å². The van der Waals surface area contributed by atoms with Crippen molar-refractivity contribution in [2.45, 2.75) is 37.8 Å². The molecule has 9 heteroatoms. The quantitative estimate of drug-likeness (QED) is 0.545. The third-order valence-corrected chi connectivity index (χ3v) is 7.81. The summed E-state index contributed by atoms with van der Waals surface area (Å²) in [6.45, 7) is 4.18. The second kappa shape index (κ2) is 9.30. The van der Waals surface area contributed by atoms with E-state index in [2.05, 4.69) is 0 Å². The number of aryl methyl sites for hydroxylation is 2. The number of hydrogen-bond acceptors (Lipinski definition) is 4. The van der Waals surface area contributed by atoms with Gasteiger partial charge in [0.1, 0.15) is 0 Å². The van der Waals surface area contributed by atoms with E-state index in [9.17, 15) is 18.0 Å². The van der Waals surface area contributed by atoms with Crippen LogP contribution in [0, 0.1) is 0 Å². The fourth-order valence-corrected chi connectivity index (χ4v) is 5.66. The zero-order chi connectivity index (χ0) is 22.7. The van der Waals surface area contributed by atoms with Gasteiger partial charge in [0.25, 0.3) is 0 Å². The van der Waals surface area contributed by atoms with Crippen LogP contribution in [-0.4, -0.2) is 58.8 Å². The third-order valence-electron chi connectivity index (χ3n) is 5.89. The third kappa shape index (κ3) is 4.22. The van der Waals surface area contributed by atoms with E-state index in [1.165, 1.54) is 4.31 Å². The number of rotatable bonds is 7. The summed E-state index contributed by atoms with van der Waals surface area (Å²) in [5, 5.41) is 0. The van der Waals surface area contributed by atoms with Gasteiger partial charge in [-0.1, -0.05) is 37.3 Å². The van der Waals surface area contributed by atoms with Crippen LogP contribution >= 0.6 is 0 Å². The maximum Gasteiger partial charge on any atom is 0.329 e. The molecule has 170 valence electrons. The van der Waals surface area contributed by atoms with Crippen molar-refractivity contribution >= 4 is 27.0 Å². The average Bonchev–Trinajstić information content (AvgIpc) is 3.09. The van der Waals surface area contributed by atoms with E-state index >= 15 is 0 Å². The summed E-state index contributed by atoms with van der Waals surface area (Å²) in [6.07, 6.45) is 1.05. The standard InChI is InChI=1S/C23H28N4O4S/c1-2-13-26-20-10-6-7-11-21(20)27(23(26)29)14-12-22(28)24-15-17-25(18-16-24)32(30,31)19-8-4-3-5-9-19/h3-11H,2,12-18H2,1H3. The summed E-state index contributed by atoms with van der Waals surface area (Å²) in [5.74, 6) is -0.0685. The van der Waals surface area contributed by atoms with Gasteiger partial charge in [0.2, 0.25) is 15.9 Å². The summed E-state index contributed by atoms with van der Waals surface area (Å²) in [5.41, 5.74) is 1.61. The Kier molecular flexibility index (Phi) is 6.48. The molecular formula is C23H28N4O4S. The first-order chi connectivity index (χ1) is 15.4. The number of amides is 1. The summed E-state index contributed by atoms with van der Waals surface area (Å²) in [7, 11) is -3.55. The van der Waals surface area contributed by atoms with Gasteiger partial charge in [-0.25, -0.2) is 13.2 Å². The Morgan fingerprint density at radius 2 is 1.41 bits per heavy atom. The van der Waals surface area contributed by atoms with Crippen LogP contribution in [0.5, 0.6) is 0 Å². The van der Waals surface area contributed by atoms with E-state index in [-0.39, 0.29) is 36.0 Å². The lowest BCUT2D eigenvalue weighted by atomic mass is 10.3. The number of sulfonamides is 1. The number of para-hydroxylation sites is 2. The number of fused-ring (bicyclic) bond motifs is 1. The van der Waals surface area contributed by atoms with Crippen molar-refractivity contribution in [3.8, 4) is 0 Å². The highest BCUT2D eigenvalue weighted by Crippen LogP contribution is 2.18. The zero-order valence-electron chi connectivity index (χ0n) is 18.2. The van der Waals surface area contributed by atoms with Crippen LogP contribution in [0.15, 0.2) is 64.3 Å². The van der Waals surface area contributed by atoms with E-state index in [0.29, 0.717) is 26.2 Å². The van der Waals surface area contributed by atoms with Gasteiger partial charge in [-0.3, -0.25) is 13.9 Å². The van der Waals surface area contributed by atoms with Crippen molar-refractivity contribution in [2.24, 2.45) is 0 Å². The highest BCUT2D eigenvalue weighted by Gasteiger charge is 2.30. The van der Waals surface area contributed by atoms with Crippen molar-refractivity contribution in [1.29, 1.82) is 0 Å². The molecule has 1 amide bonds. The molecule has 1 saturated heterocycles. The lowest BCUT2D eigenvalue weighted by Crippen LogP contribution is -2.50. The molecular weight excluding hydrogens is 428 g/mol. The minimum atomic E-state index is -3.55. The number of aromatic nitrogens is 2. The average molecular weight is 457 g/mol. The predicted molar refractivity (Wildman–Crippen MR) is 123 cm³/mol. The molecule has 0 spiro atoms. The summed E-state index contributed by atoms with van der Waals surface area (Å²) < 4.78 is 30.4. The summed E-state index contributed by atoms with van der Waals surface area (Å²) in [6, 6.07) is 16.0. The molecule has 0 bridgehead atoms. The Morgan fingerprint density at radius 3 is 2.00 bits per heavy atom. The van der Waals surface area contributed by atoms with Crippen LogP contribution in [0.4, 0.5) is 0 Å². The highest BCUT2D eigenvalue weighted by molar-refractivity contribution is 7.89. The van der Waals surface area contributed by atoms with E-state index in [0.717, 1.165) is 17.5 Å². The van der Waals surface area contributed by atoms with E-state index < -0.39 is 10.0 Å². The van der Waals surface area contributed by atoms with Crippen molar-refractivity contribution in [2.75, 3.05) is 26.2 Å². The topological polar surface area (TPSA) is 84.6 Å². The van der Waals surface area contributed by atoms with E-state index in [1.807, 2.05) is 31.2 Å². The maximum absolute atomic E-state index is 12.9. The first-order valence-electron chi connectivity index (χ1n) is 10.9. The van der Waals surface area contributed by atoms with Crippen molar-refractivity contribution < 1.29 is 13.2 Å². The fourth-order valence-electron chi connectivity index (χ4n) is 4.21. The number of piperazine rings is 1. The maximum atomic E-state index is 12.9. The molecule has 8 nitrogen and oxygen atoms in total. The largest absolute Gasteiger partial charge is 0.340 e. The molecule has 0 aliphatic carbocycles. The second-order valence-corrected chi connectivity index (χ2v) is 9.86. The van der Waals surface area contributed by atoms with Gasteiger partial charge in [-0.2, -0.15) is 4.31 Å². The Morgan fingerprint density at radius 1 is 0.844 bits per heavy atom. The molecule has 0 N–H and O–H groups in total. The Hall–Kier alpha value is -2.91. The molecule has 1 fully saturated rings. The molecule has 0 radical (unpaired) electrons. The molecule has 1 aliphatic rings. The van der Waals surface area contributed by atoms with Gasteiger partial charge in [-0.05, 0) is 30.7 Å². The van der Waals surface area contributed by atoms with Crippen LogP contribution in [0.1, 0.15) is 19.8 Å². The Balaban J connectivity index is 1.40. The first-order valence-corrected chi connectivity index (χ1v) is 12.4. The summed E-state index contributed by atoms with van der Waals surface area (Å²) in [4.78, 5) is 27.7. The molecule has 32 heavy (non-hydrogen) atoms. The molecule has 4 rings (SSSR count). The molecule has 1 aliphatic heterocycles. The number of hydrogen-bond donors (Lipinski definition) is 0. The van der Waals surface area contributed by atoms with Gasteiger partial charge < -0.3 is 4.90 Å². The van der Waals surface area contributed by atoms with E-state index in [1.54, 1.807) is 44.4 Å². The van der Waals surface area contributed by atoms with Crippen LogP contribution in [0.2, 0.25) is 0 Å². The minimum Gasteiger partial charge on any atom is -0.340 e. The molecule has 2 heterocycles. The molecule has 0 saturated carbocycles. The molecule has 3 aromatic rings. The molecule has 1 aromatic heterocycles. The van der Waals surface area contributed by atoms with Gasteiger partial charge in [0, 0.05) is 45.7 Å². The molecule has 0 unspecified atom stereocenters. The highest BCUT2D eigenvalue weighted by atomic mass is 32.2. The second-order valence-electron chi connectivity index (χ2n) is 7.92. The van der Waals surface area contributed by atoms with E-state index in [4.69, 9.17) is 0 Å². The molecule has 2 aromatic carbocycles. The fraction of sp³-hybridized carbons (Fsp3) is 0.391. The number of benzene rings is 2. The normalized spacial score (nSPS) is 15.3. The lowest BCUT2D eigenvalue weighted by molar-refractivity contribution is -0.132. The van der Waals surface area contributed by atoms with Crippen LogP contribution in [0.3, 0.4) is 0 Å². The Bertz CT molecular complexity index is 1260. The summed E-state index contributed by atoms with van der Waals surface area (Å²) >= 11 is 0. The number of imidazole rings is 1. The smallest absolute Gasteiger partial charge is 0.329 e. The lowest BCUT2D eigenvalue weighted by Gasteiger charge is -2.34. The zero-order valence-corrected chi connectivity index (χ0v) is 19.0. The number of nitrogens with zero attached hydrogens (tertiary/aromatic N) is 4. The van der Waals surface area contributed by atoms with Crippen molar-refractivity contribution in [3.63, 3.8) is 0 Å². The SMILES string of the molecule is CCCn1c(=O)n(CCC(=O)N2CCN(S(=O)(=O)c3ccccc3)CC2)c2ccccc21. The molecule has 0 atom stereocenters. The van der Waals surface area contributed by atoms with Gasteiger partial charge >= 0.3 is 5.69 Å².